The summed E-state index contributed by atoms with van der Waals surface area (Å²) in [5, 5.41) is 6.52. The number of nitrogens with zero attached hydrogens (tertiary/aromatic N) is 2. The molecule has 136 valence electrons. The van der Waals surface area contributed by atoms with Gasteiger partial charge in [0.15, 0.2) is 6.10 Å². The molecule has 0 fully saturated rings. The molecule has 2 aromatic rings. The van der Waals surface area contributed by atoms with E-state index in [2.05, 4.69) is 10.5 Å². The van der Waals surface area contributed by atoms with Gasteiger partial charge in [0.2, 0.25) is 5.91 Å². The molecule has 0 radical (unpaired) electrons. The molecular formula is C18H19N3O5. The van der Waals surface area contributed by atoms with Crippen LogP contribution in [0.3, 0.4) is 0 Å². The average Bonchev–Trinajstić information content (AvgIpc) is 3.00. The van der Waals surface area contributed by atoms with Crippen LogP contribution in [0, 0.1) is 6.92 Å². The molecule has 8 heteroatoms. The Bertz CT molecular complexity index is 873. The highest BCUT2D eigenvalue weighted by molar-refractivity contribution is 6.11. The molecule has 1 aliphatic rings. The Morgan fingerprint density at radius 3 is 2.85 bits per heavy atom. The van der Waals surface area contributed by atoms with E-state index in [1.54, 1.807) is 31.2 Å². The van der Waals surface area contributed by atoms with Crippen molar-refractivity contribution in [2.45, 2.75) is 33.3 Å². The molecule has 0 aliphatic carbocycles. The van der Waals surface area contributed by atoms with Crippen LogP contribution in [0.25, 0.3) is 0 Å². The summed E-state index contributed by atoms with van der Waals surface area (Å²) in [6.07, 6.45) is -0.565. The lowest BCUT2D eigenvalue weighted by molar-refractivity contribution is -0.128. The van der Waals surface area contributed by atoms with Crippen molar-refractivity contribution in [3.8, 4) is 0 Å². The number of ether oxygens (including phenoxy) is 1. The van der Waals surface area contributed by atoms with Crippen LogP contribution in [-0.2, 0) is 20.7 Å². The predicted octanol–water partition coefficient (Wildman–Crippen LogP) is 2.08. The number of anilines is 2. The minimum atomic E-state index is -1.07. The summed E-state index contributed by atoms with van der Waals surface area (Å²) < 4.78 is 10.3. The van der Waals surface area contributed by atoms with E-state index in [0.29, 0.717) is 29.2 Å². The lowest BCUT2D eigenvalue weighted by Crippen LogP contribution is -2.47. The second kappa shape index (κ2) is 6.99. The molecule has 1 aliphatic heterocycles. The standard InChI is InChI=1S/C18H19N3O5/c1-4-12-16(10(2)26-20-12)18(24)25-11(3)17(23)21-9-15(22)19-13-7-5-6-8-14(13)21/h5-8,11H,4,9H2,1-3H3,(H,19,22). The van der Waals surface area contributed by atoms with Crippen LogP contribution >= 0.6 is 0 Å². The highest BCUT2D eigenvalue weighted by atomic mass is 16.5. The zero-order valence-electron chi connectivity index (χ0n) is 14.7. The SMILES string of the molecule is CCc1noc(C)c1C(=O)OC(C)C(=O)N1CC(=O)Nc2ccccc21. The summed E-state index contributed by atoms with van der Waals surface area (Å²) in [4.78, 5) is 38.4. The maximum absolute atomic E-state index is 12.8. The number of benzene rings is 1. The van der Waals surface area contributed by atoms with Gasteiger partial charge in [-0.25, -0.2) is 4.79 Å². The Balaban J connectivity index is 1.79. The quantitative estimate of drug-likeness (QED) is 0.841. The fourth-order valence-electron chi connectivity index (χ4n) is 2.84. The van der Waals surface area contributed by atoms with E-state index < -0.39 is 18.0 Å². The van der Waals surface area contributed by atoms with Crippen LogP contribution in [0.4, 0.5) is 11.4 Å². The predicted molar refractivity (Wildman–Crippen MR) is 92.9 cm³/mol. The molecule has 0 bridgehead atoms. The van der Waals surface area contributed by atoms with Crippen molar-refractivity contribution in [2.75, 3.05) is 16.8 Å². The molecule has 0 saturated heterocycles. The third-order valence-corrected chi connectivity index (χ3v) is 4.14. The number of esters is 1. The molecule has 0 saturated carbocycles. The van der Waals surface area contributed by atoms with Crippen LogP contribution in [0.15, 0.2) is 28.8 Å². The maximum atomic E-state index is 12.8. The minimum Gasteiger partial charge on any atom is -0.449 e. The first-order valence-electron chi connectivity index (χ1n) is 8.28. The van der Waals surface area contributed by atoms with Crippen molar-refractivity contribution < 1.29 is 23.6 Å². The molecule has 3 rings (SSSR count). The Kier molecular flexibility index (Phi) is 4.75. The van der Waals surface area contributed by atoms with Crippen LogP contribution in [0.1, 0.15) is 35.7 Å². The highest BCUT2D eigenvalue weighted by Gasteiger charge is 2.32. The molecular weight excluding hydrogens is 338 g/mol. The number of hydrogen-bond acceptors (Lipinski definition) is 6. The lowest BCUT2D eigenvalue weighted by atomic mass is 10.1. The molecule has 8 nitrogen and oxygen atoms in total. The molecule has 1 unspecified atom stereocenters. The summed E-state index contributed by atoms with van der Waals surface area (Å²) in [6.45, 7) is 4.79. The minimum absolute atomic E-state index is 0.135. The highest BCUT2D eigenvalue weighted by Crippen LogP contribution is 2.29. The number of aryl methyl sites for hydroxylation is 2. The van der Waals surface area contributed by atoms with Gasteiger partial charge in [0.05, 0.1) is 17.1 Å². The van der Waals surface area contributed by atoms with Crippen molar-refractivity contribution >= 4 is 29.2 Å². The van der Waals surface area contributed by atoms with Gasteiger partial charge in [0.1, 0.15) is 17.9 Å². The first-order chi connectivity index (χ1) is 12.4. The molecule has 1 aromatic carbocycles. The second-order valence-electron chi connectivity index (χ2n) is 5.95. The summed E-state index contributed by atoms with van der Waals surface area (Å²) in [5.74, 6) is -1.11. The fraction of sp³-hybridized carbons (Fsp3) is 0.333. The van der Waals surface area contributed by atoms with Crippen molar-refractivity contribution in [2.24, 2.45) is 0 Å². The molecule has 2 amide bonds. The maximum Gasteiger partial charge on any atom is 0.344 e. The number of amides is 2. The first-order valence-corrected chi connectivity index (χ1v) is 8.28. The van der Waals surface area contributed by atoms with E-state index in [1.807, 2.05) is 6.92 Å². The van der Waals surface area contributed by atoms with Gasteiger partial charge in [0, 0.05) is 0 Å². The summed E-state index contributed by atoms with van der Waals surface area (Å²) in [6, 6.07) is 6.96. The van der Waals surface area contributed by atoms with Gasteiger partial charge in [-0.1, -0.05) is 24.2 Å². The number of hydrogen-bond donors (Lipinski definition) is 1. The molecule has 1 N–H and O–H groups in total. The number of fused-ring (bicyclic) bond motifs is 1. The van der Waals surface area contributed by atoms with Gasteiger partial charge in [-0.2, -0.15) is 0 Å². The van der Waals surface area contributed by atoms with E-state index in [4.69, 9.17) is 9.26 Å². The van der Waals surface area contributed by atoms with Crippen LogP contribution in [0.2, 0.25) is 0 Å². The van der Waals surface area contributed by atoms with Gasteiger partial charge in [-0.05, 0) is 32.4 Å². The van der Waals surface area contributed by atoms with Crippen molar-refractivity contribution in [1.29, 1.82) is 0 Å². The lowest BCUT2D eigenvalue weighted by Gasteiger charge is -2.30. The third-order valence-electron chi connectivity index (χ3n) is 4.14. The smallest absolute Gasteiger partial charge is 0.344 e. The monoisotopic (exact) mass is 357 g/mol. The Hall–Kier alpha value is -3.16. The van der Waals surface area contributed by atoms with E-state index in [0.717, 1.165) is 0 Å². The fourth-order valence-corrected chi connectivity index (χ4v) is 2.84. The number of carbonyl (C=O) groups is 3. The summed E-state index contributed by atoms with van der Waals surface area (Å²) in [5.41, 5.74) is 1.83. The van der Waals surface area contributed by atoms with Crippen molar-refractivity contribution in [3.63, 3.8) is 0 Å². The van der Waals surface area contributed by atoms with Crippen LogP contribution in [-0.4, -0.2) is 35.6 Å². The van der Waals surface area contributed by atoms with Crippen LogP contribution < -0.4 is 10.2 Å². The van der Waals surface area contributed by atoms with Gasteiger partial charge in [0.25, 0.3) is 5.91 Å². The topological polar surface area (TPSA) is 102 Å². The second-order valence-corrected chi connectivity index (χ2v) is 5.95. The Morgan fingerprint density at radius 1 is 1.38 bits per heavy atom. The molecule has 2 heterocycles. The number of para-hydroxylation sites is 2. The number of rotatable bonds is 4. The van der Waals surface area contributed by atoms with E-state index in [-0.39, 0.29) is 18.0 Å². The largest absolute Gasteiger partial charge is 0.449 e. The van der Waals surface area contributed by atoms with Crippen LogP contribution in [0.5, 0.6) is 0 Å². The van der Waals surface area contributed by atoms with Crippen molar-refractivity contribution in [1.82, 2.24) is 5.16 Å². The van der Waals surface area contributed by atoms with E-state index in [9.17, 15) is 14.4 Å². The average molecular weight is 357 g/mol. The van der Waals surface area contributed by atoms with Gasteiger partial charge >= 0.3 is 5.97 Å². The van der Waals surface area contributed by atoms with Crippen molar-refractivity contribution in [3.05, 3.63) is 41.3 Å². The first kappa shape index (κ1) is 17.7. The summed E-state index contributed by atoms with van der Waals surface area (Å²) >= 11 is 0. The zero-order valence-corrected chi connectivity index (χ0v) is 14.7. The van der Waals surface area contributed by atoms with E-state index >= 15 is 0 Å². The molecule has 0 spiro atoms. The summed E-state index contributed by atoms with van der Waals surface area (Å²) in [7, 11) is 0. The zero-order chi connectivity index (χ0) is 18.8. The van der Waals surface area contributed by atoms with E-state index in [1.165, 1.54) is 11.8 Å². The Morgan fingerprint density at radius 2 is 2.12 bits per heavy atom. The van der Waals surface area contributed by atoms with Gasteiger partial charge in [-0.15, -0.1) is 0 Å². The number of aromatic nitrogens is 1. The molecule has 26 heavy (non-hydrogen) atoms. The molecule has 1 atom stereocenters. The number of nitrogens with one attached hydrogen (secondary N) is 1. The third kappa shape index (κ3) is 3.17. The molecule has 1 aromatic heterocycles. The number of carbonyl (C=O) groups excluding carboxylic acids is 3. The van der Waals surface area contributed by atoms with Gasteiger partial charge in [-0.3, -0.25) is 14.5 Å². The van der Waals surface area contributed by atoms with Gasteiger partial charge < -0.3 is 14.6 Å². The normalized spacial score (nSPS) is 14.4. The Labute approximate surface area is 150 Å².